The van der Waals surface area contributed by atoms with Gasteiger partial charge in [-0.15, -0.1) is 0 Å². The number of para-hydroxylation sites is 1. The molecule has 28 heavy (non-hydrogen) atoms. The number of ether oxygens (including phenoxy) is 2. The number of methoxy groups -OCH3 is 1. The summed E-state index contributed by atoms with van der Waals surface area (Å²) in [7, 11) is 1.64. The normalized spacial score (nSPS) is 11.3. The molecule has 2 aromatic heterocycles. The van der Waals surface area contributed by atoms with Crippen molar-refractivity contribution >= 4 is 21.6 Å². The summed E-state index contributed by atoms with van der Waals surface area (Å²) in [5.74, 6) is 1.55. The Morgan fingerprint density at radius 3 is 2.64 bits per heavy atom. The van der Waals surface area contributed by atoms with Gasteiger partial charge in [0.2, 0.25) is 5.88 Å². The zero-order valence-corrected chi connectivity index (χ0v) is 16.8. The summed E-state index contributed by atoms with van der Waals surface area (Å²) in [5.41, 5.74) is 1.85. The topological polar surface area (TPSA) is 58.3 Å². The first-order chi connectivity index (χ1) is 13.6. The first-order valence-electron chi connectivity index (χ1n) is 9.02. The highest BCUT2D eigenvalue weighted by Gasteiger charge is 2.17. The van der Waals surface area contributed by atoms with Crippen molar-refractivity contribution in [2.75, 3.05) is 7.11 Å². The van der Waals surface area contributed by atoms with Gasteiger partial charge in [-0.3, -0.25) is 4.79 Å². The maximum absolute atomic E-state index is 13.0. The van der Waals surface area contributed by atoms with Crippen molar-refractivity contribution < 1.29 is 9.47 Å². The van der Waals surface area contributed by atoms with E-state index in [0.717, 1.165) is 27.1 Å². The van der Waals surface area contributed by atoms with E-state index in [-0.39, 0.29) is 18.2 Å². The molecule has 2 aromatic carbocycles. The highest BCUT2D eigenvalue weighted by Crippen LogP contribution is 2.31. The molecule has 0 radical (unpaired) electrons. The molecular weight excluding hydrogens is 374 g/mol. The van der Waals surface area contributed by atoms with Crippen LogP contribution in [0.4, 0.5) is 0 Å². The molecule has 6 nitrogen and oxygen atoms in total. The summed E-state index contributed by atoms with van der Waals surface area (Å²) in [6.07, 6.45) is 1.68. The first-order valence-corrected chi connectivity index (χ1v) is 9.80. The van der Waals surface area contributed by atoms with E-state index in [4.69, 9.17) is 9.47 Å². The quantitative estimate of drug-likeness (QED) is 0.485. The molecule has 144 valence electrons. The van der Waals surface area contributed by atoms with Gasteiger partial charge < -0.3 is 9.47 Å². The fourth-order valence-electron chi connectivity index (χ4n) is 3.14. The van der Waals surface area contributed by atoms with Gasteiger partial charge >= 0.3 is 0 Å². The summed E-state index contributed by atoms with van der Waals surface area (Å²) >= 11 is 1.38. The van der Waals surface area contributed by atoms with Crippen LogP contribution in [0.15, 0.2) is 59.5 Å². The van der Waals surface area contributed by atoms with Gasteiger partial charge in [0.25, 0.3) is 5.56 Å². The van der Waals surface area contributed by atoms with Crippen molar-refractivity contribution in [3.8, 4) is 17.3 Å². The first kappa shape index (κ1) is 18.3. The van der Waals surface area contributed by atoms with Gasteiger partial charge in [0.1, 0.15) is 5.75 Å². The zero-order valence-electron chi connectivity index (χ0n) is 16.0. The molecule has 4 rings (SSSR count). The van der Waals surface area contributed by atoms with Crippen molar-refractivity contribution in [2.24, 2.45) is 0 Å². The average molecular weight is 395 g/mol. The minimum atomic E-state index is -0.0443. The molecule has 4 aromatic rings. The van der Waals surface area contributed by atoms with Gasteiger partial charge in [-0.2, -0.15) is 5.10 Å². The third kappa shape index (κ3) is 3.29. The van der Waals surface area contributed by atoms with Crippen LogP contribution in [0.25, 0.3) is 15.8 Å². The lowest BCUT2D eigenvalue weighted by atomic mass is 9.99. The molecule has 7 heteroatoms. The Balaban J connectivity index is 1.67. The second kappa shape index (κ2) is 7.52. The third-order valence-electron chi connectivity index (χ3n) is 4.55. The molecule has 2 heterocycles. The fraction of sp³-hybridized carbons (Fsp3) is 0.238. The van der Waals surface area contributed by atoms with Gasteiger partial charge in [-0.25, -0.2) is 8.64 Å². The lowest BCUT2D eigenvalue weighted by molar-refractivity contribution is 0.229. The number of hydrogen-bond donors (Lipinski definition) is 0. The molecule has 0 unspecified atom stereocenters. The molecular formula is C21H21N3O3S. The minimum Gasteiger partial charge on any atom is -0.497 e. The van der Waals surface area contributed by atoms with Crippen molar-refractivity contribution in [3.05, 3.63) is 70.6 Å². The standard InChI is InChI=1S/C21H21N3O3S/c1-14(2)17-11-16(26-3)12-18-20(17)21(25)23(28-18)13-27-19-9-10-22-24(19)15-7-5-4-6-8-15/h4-12,14H,13H2,1-3H3. The van der Waals surface area contributed by atoms with E-state index in [0.29, 0.717) is 5.88 Å². The van der Waals surface area contributed by atoms with Crippen LogP contribution in [-0.2, 0) is 6.73 Å². The Morgan fingerprint density at radius 2 is 1.93 bits per heavy atom. The Bertz CT molecular complexity index is 1160. The second-order valence-electron chi connectivity index (χ2n) is 6.71. The Kier molecular flexibility index (Phi) is 4.92. The second-order valence-corrected chi connectivity index (χ2v) is 7.77. The number of benzene rings is 2. The summed E-state index contributed by atoms with van der Waals surface area (Å²) in [4.78, 5) is 13.0. The maximum atomic E-state index is 13.0. The van der Waals surface area contributed by atoms with E-state index in [2.05, 4.69) is 18.9 Å². The molecule has 0 saturated carbocycles. The molecule has 0 atom stereocenters. The summed E-state index contributed by atoms with van der Waals surface area (Å²) in [6, 6.07) is 15.4. The van der Waals surface area contributed by atoms with Crippen molar-refractivity contribution in [3.63, 3.8) is 0 Å². The van der Waals surface area contributed by atoms with E-state index < -0.39 is 0 Å². The van der Waals surface area contributed by atoms with Crippen molar-refractivity contribution in [1.29, 1.82) is 0 Å². The molecule has 0 fully saturated rings. The molecule has 0 aliphatic rings. The Hall–Kier alpha value is -3.06. The van der Waals surface area contributed by atoms with Crippen LogP contribution < -0.4 is 15.0 Å². The molecule has 0 spiro atoms. The molecule has 0 aliphatic heterocycles. The fourth-order valence-corrected chi connectivity index (χ4v) is 4.13. The smallest absolute Gasteiger partial charge is 0.271 e. The zero-order chi connectivity index (χ0) is 19.7. The van der Waals surface area contributed by atoms with E-state index >= 15 is 0 Å². The van der Waals surface area contributed by atoms with Crippen LogP contribution in [0.2, 0.25) is 0 Å². The van der Waals surface area contributed by atoms with Crippen molar-refractivity contribution in [1.82, 2.24) is 13.7 Å². The van der Waals surface area contributed by atoms with Crippen LogP contribution in [0.1, 0.15) is 25.3 Å². The predicted octanol–water partition coefficient (Wildman–Crippen LogP) is 4.42. The van der Waals surface area contributed by atoms with Crippen LogP contribution in [-0.4, -0.2) is 20.8 Å². The van der Waals surface area contributed by atoms with Gasteiger partial charge in [0.15, 0.2) is 6.73 Å². The summed E-state index contributed by atoms with van der Waals surface area (Å²) in [6.45, 7) is 4.27. The highest BCUT2D eigenvalue weighted by molar-refractivity contribution is 7.13. The van der Waals surface area contributed by atoms with Crippen LogP contribution >= 0.6 is 11.5 Å². The van der Waals surface area contributed by atoms with Crippen LogP contribution in [0.5, 0.6) is 11.6 Å². The minimum absolute atomic E-state index is 0.0443. The Morgan fingerprint density at radius 1 is 1.14 bits per heavy atom. The van der Waals surface area contributed by atoms with E-state index in [1.807, 2.05) is 42.5 Å². The molecule has 0 bridgehead atoms. The lowest BCUT2D eigenvalue weighted by Crippen LogP contribution is -2.18. The molecule has 0 amide bonds. The molecule has 0 saturated heterocycles. The predicted molar refractivity (Wildman–Crippen MR) is 111 cm³/mol. The Labute approximate surface area is 166 Å². The lowest BCUT2D eigenvalue weighted by Gasteiger charge is -2.09. The maximum Gasteiger partial charge on any atom is 0.271 e. The highest BCUT2D eigenvalue weighted by atomic mass is 32.1. The van der Waals surface area contributed by atoms with Crippen molar-refractivity contribution in [2.45, 2.75) is 26.5 Å². The number of hydrogen-bond acceptors (Lipinski definition) is 5. The number of aromatic nitrogens is 3. The van der Waals surface area contributed by atoms with Crippen LogP contribution in [0.3, 0.4) is 0 Å². The van der Waals surface area contributed by atoms with Gasteiger partial charge in [-0.1, -0.05) is 43.6 Å². The van der Waals surface area contributed by atoms with Gasteiger partial charge in [0, 0.05) is 6.07 Å². The van der Waals surface area contributed by atoms with Gasteiger partial charge in [0.05, 0.1) is 29.1 Å². The molecule has 0 aliphatic carbocycles. The number of fused-ring (bicyclic) bond motifs is 1. The molecule has 0 N–H and O–H groups in total. The number of rotatable bonds is 6. The summed E-state index contributed by atoms with van der Waals surface area (Å²) in [5, 5.41) is 5.05. The van der Waals surface area contributed by atoms with E-state index in [9.17, 15) is 4.79 Å². The van der Waals surface area contributed by atoms with E-state index in [1.54, 1.807) is 28.0 Å². The summed E-state index contributed by atoms with van der Waals surface area (Å²) < 4.78 is 15.6. The van der Waals surface area contributed by atoms with E-state index in [1.165, 1.54) is 11.5 Å². The van der Waals surface area contributed by atoms with Crippen LogP contribution in [0, 0.1) is 0 Å². The monoisotopic (exact) mass is 395 g/mol. The average Bonchev–Trinajstić information content (AvgIpc) is 3.30. The largest absolute Gasteiger partial charge is 0.497 e. The number of nitrogens with zero attached hydrogens (tertiary/aromatic N) is 3. The SMILES string of the molecule is COc1cc(C(C)C)c2c(=O)n(COc3ccnn3-c3ccccc3)sc2c1. The third-order valence-corrected chi connectivity index (χ3v) is 5.56. The van der Waals surface area contributed by atoms with Gasteiger partial charge in [-0.05, 0) is 35.7 Å².